The predicted octanol–water partition coefficient (Wildman–Crippen LogP) is 3.79. The lowest BCUT2D eigenvalue weighted by atomic mass is 10.1. The van der Waals surface area contributed by atoms with Crippen molar-refractivity contribution in [2.24, 2.45) is 5.92 Å². The molecule has 3 heterocycles. The number of rotatable bonds is 4. The van der Waals surface area contributed by atoms with E-state index in [1.807, 2.05) is 36.5 Å². The van der Waals surface area contributed by atoms with Crippen molar-refractivity contribution in [3.05, 3.63) is 64.9 Å². The number of aryl methyl sites for hydroxylation is 1. The molecule has 0 saturated carbocycles. The Morgan fingerprint density at radius 1 is 1.22 bits per heavy atom. The van der Waals surface area contributed by atoms with Gasteiger partial charge in [-0.1, -0.05) is 49.3 Å². The van der Waals surface area contributed by atoms with Crippen molar-refractivity contribution in [3.8, 4) is 11.3 Å². The molecule has 1 aliphatic heterocycles. The van der Waals surface area contributed by atoms with Crippen LogP contribution in [0.3, 0.4) is 0 Å². The van der Waals surface area contributed by atoms with E-state index in [9.17, 15) is 4.79 Å². The van der Waals surface area contributed by atoms with Gasteiger partial charge in [-0.25, -0.2) is 9.97 Å². The molecule has 0 N–H and O–H groups in total. The summed E-state index contributed by atoms with van der Waals surface area (Å²) in [6.07, 6.45) is 2.69. The van der Waals surface area contributed by atoms with E-state index >= 15 is 0 Å². The van der Waals surface area contributed by atoms with Gasteiger partial charge in [0.15, 0.2) is 0 Å². The molecule has 0 saturated heterocycles. The van der Waals surface area contributed by atoms with Crippen LogP contribution in [0.2, 0.25) is 0 Å². The third kappa shape index (κ3) is 3.35. The van der Waals surface area contributed by atoms with E-state index in [0.717, 1.165) is 29.1 Å². The van der Waals surface area contributed by atoms with Crippen LogP contribution in [0.25, 0.3) is 11.3 Å². The molecule has 0 atom stereocenters. The highest BCUT2D eigenvalue weighted by Crippen LogP contribution is 2.29. The Kier molecular flexibility index (Phi) is 4.48. The normalized spacial score (nSPS) is 13.3. The monoisotopic (exact) mass is 362 g/mol. The second-order valence-corrected chi connectivity index (χ2v) is 7.35. The highest BCUT2D eigenvalue weighted by molar-refractivity contribution is 6.01. The van der Waals surface area contributed by atoms with Crippen molar-refractivity contribution in [1.82, 2.24) is 20.0 Å². The molecule has 1 aromatic carbocycles. The van der Waals surface area contributed by atoms with Crippen molar-refractivity contribution in [2.75, 3.05) is 0 Å². The second-order valence-electron chi connectivity index (χ2n) is 7.35. The van der Waals surface area contributed by atoms with Gasteiger partial charge in [0.2, 0.25) is 0 Å². The molecule has 0 aliphatic carbocycles. The van der Waals surface area contributed by atoms with Crippen LogP contribution < -0.4 is 0 Å². The molecule has 4 rings (SSSR count). The average molecular weight is 362 g/mol. The predicted molar refractivity (Wildman–Crippen MR) is 101 cm³/mol. The van der Waals surface area contributed by atoms with Crippen LogP contribution in [0.5, 0.6) is 0 Å². The van der Waals surface area contributed by atoms with Crippen LogP contribution in [-0.4, -0.2) is 25.9 Å². The zero-order valence-electron chi connectivity index (χ0n) is 15.8. The van der Waals surface area contributed by atoms with Gasteiger partial charge in [0.25, 0.3) is 5.91 Å². The fourth-order valence-electron chi connectivity index (χ4n) is 3.38. The molecular formula is C21H22N4O2. The fourth-order valence-corrected chi connectivity index (χ4v) is 3.38. The summed E-state index contributed by atoms with van der Waals surface area (Å²) in [4.78, 5) is 24.1. The SMILES string of the molecule is Cc1onc(-c2ccccc2)c1C(=O)N1Cc2cnc(CC(C)C)nc2C1. The summed E-state index contributed by atoms with van der Waals surface area (Å²) in [5.74, 6) is 1.77. The Hall–Kier alpha value is -3.02. The quantitative estimate of drug-likeness (QED) is 0.706. The van der Waals surface area contributed by atoms with Gasteiger partial charge in [-0.3, -0.25) is 4.79 Å². The first kappa shape index (κ1) is 17.4. The van der Waals surface area contributed by atoms with Gasteiger partial charge in [0, 0.05) is 30.3 Å². The standard InChI is InChI=1S/C21H22N4O2/c1-13(2)9-18-22-10-16-11-25(12-17(16)23-18)21(26)19-14(3)27-24-20(19)15-7-5-4-6-8-15/h4-8,10,13H,9,11-12H2,1-3H3. The lowest BCUT2D eigenvalue weighted by Gasteiger charge is -2.15. The summed E-state index contributed by atoms with van der Waals surface area (Å²) in [7, 11) is 0. The smallest absolute Gasteiger partial charge is 0.260 e. The highest BCUT2D eigenvalue weighted by Gasteiger charge is 2.31. The third-order valence-electron chi connectivity index (χ3n) is 4.71. The number of nitrogens with zero attached hydrogens (tertiary/aromatic N) is 4. The molecular weight excluding hydrogens is 340 g/mol. The van der Waals surface area contributed by atoms with E-state index in [2.05, 4.69) is 29.0 Å². The first-order chi connectivity index (χ1) is 13.0. The van der Waals surface area contributed by atoms with Crippen LogP contribution >= 0.6 is 0 Å². The lowest BCUT2D eigenvalue weighted by molar-refractivity contribution is 0.0749. The number of benzene rings is 1. The lowest BCUT2D eigenvalue weighted by Crippen LogP contribution is -2.26. The summed E-state index contributed by atoms with van der Waals surface area (Å²) in [5, 5.41) is 4.12. The maximum Gasteiger partial charge on any atom is 0.260 e. The number of amides is 1. The third-order valence-corrected chi connectivity index (χ3v) is 4.71. The van der Waals surface area contributed by atoms with Gasteiger partial charge in [-0.05, 0) is 12.8 Å². The first-order valence-electron chi connectivity index (χ1n) is 9.17. The average Bonchev–Trinajstić information content (AvgIpc) is 3.24. The Labute approximate surface area is 158 Å². The topological polar surface area (TPSA) is 72.1 Å². The minimum absolute atomic E-state index is 0.0870. The van der Waals surface area contributed by atoms with Gasteiger partial charge in [-0.2, -0.15) is 0 Å². The Morgan fingerprint density at radius 2 is 2.00 bits per heavy atom. The molecule has 1 aliphatic rings. The van der Waals surface area contributed by atoms with E-state index in [1.165, 1.54) is 0 Å². The van der Waals surface area contributed by atoms with Gasteiger partial charge in [-0.15, -0.1) is 0 Å². The molecule has 6 nitrogen and oxygen atoms in total. The van der Waals surface area contributed by atoms with Crippen molar-refractivity contribution in [3.63, 3.8) is 0 Å². The second kappa shape index (κ2) is 6.95. The summed E-state index contributed by atoms with van der Waals surface area (Å²) in [5.41, 5.74) is 3.91. The zero-order valence-corrected chi connectivity index (χ0v) is 15.8. The molecule has 2 aromatic heterocycles. The summed E-state index contributed by atoms with van der Waals surface area (Å²) in [6, 6.07) is 9.63. The number of fused-ring (bicyclic) bond motifs is 1. The number of carbonyl (C=O) groups is 1. The molecule has 0 spiro atoms. The van der Waals surface area contributed by atoms with E-state index < -0.39 is 0 Å². The van der Waals surface area contributed by atoms with E-state index in [1.54, 1.807) is 11.8 Å². The van der Waals surface area contributed by atoms with Crippen molar-refractivity contribution < 1.29 is 9.32 Å². The Morgan fingerprint density at radius 3 is 2.74 bits per heavy atom. The van der Waals surface area contributed by atoms with Crippen LogP contribution in [-0.2, 0) is 19.5 Å². The van der Waals surface area contributed by atoms with E-state index in [4.69, 9.17) is 4.52 Å². The maximum absolute atomic E-state index is 13.2. The number of hydrogen-bond acceptors (Lipinski definition) is 5. The van der Waals surface area contributed by atoms with Crippen LogP contribution in [0.15, 0.2) is 41.1 Å². The highest BCUT2D eigenvalue weighted by atomic mass is 16.5. The molecule has 1 amide bonds. The molecule has 0 fully saturated rings. The van der Waals surface area contributed by atoms with Crippen molar-refractivity contribution in [1.29, 1.82) is 0 Å². The van der Waals surface area contributed by atoms with Crippen LogP contribution in [0, 0.1) is 12.8 Å². The summed E-state index contributed by atoms with van der Waals surface area (Å²) >= 11 is 0. The fraction of sp³-hybridized carbons (Fsp3) is 0.333. The van der Waals surface area contributed by atoms with Gasteiger partial charge in [0.05, 0.1) is 12.2 Å². The molecule has 138 valence electrons. The van der Waals surface area contributed by atoms with E-state index in [-0.39, 0.29) is 5.91 Å². The van der Waals surface area contributed by atoms with E-state index in [0.29, 0.717) is 36.0 Å². The van der Waals surface area contributed by atoms with Crippen LogP contribution in [0.1, 0.15) is 47.0 Å². The minimum Gasteiger partial charge on any atom is -0.360 e. The zero-order chi connectivity index (χ0) is 19.0. The Bertz CT molecular complexity index is 979. The number of hydrogen-bond donors (Lipinski definition) is 0. The molecule has 0 bridgehead atoms. The van der Waals surface area contributed by atoms with Crippen molar-refractivity contribution >= 4 is 5.91 Å². The number of carbonyl (C=O) groups excluding carboxylic acids is 1. The van der Waals surface area contributed by atoms with Gasteiger partial charge >= 0.3 is 0 Å². The first-order valence-corrected chi connectivity index (χ1v) is 9.17. The van der Waals surface area contributed by atoms with Gasteiger partial charge < -0.3 is 9.42 Å². The minimum atomic E-state index is -0.0870. The maximum atomic E-state index is 13.2. The largest absolute Gasteiger partial charge is 0.360 e. The number of aromatic nitrogens is 3. The molecule has 6 heteroatoms. The molecule has 0 unspecified atom stereocenters. The van der Waals surface area contributed by atoms with Crippen molar-refractivity contribution in [2.45, 2.75) is 40.3 Å². The molecule has 3 aromatic rings. The molecule has 0 radical (unpaired) electrons. The van der Waals surface area contributed by atoms with Gasteiger partial charge in [0.1, 0.15) is 22.8 Å². The Balaban J connectivity index is 1.61. The van der Waals surface area contributed by atoms with Crippen LogP contribution in [0.4, 0.5) is 0 Å². The summed E-state index contributed by atoms with van der Waals surface area (Å²) < 4.78 is 5.35. The summed E-state index contributed by atoms with van der Waals surface area (Å²) in [6.45, 7) is 7.06. The molecule has 27 heavy (non-hydrogen) atoms.